The van der Waals surface area contributed by atoms with Gasteiger partial charge in [0.25, 0.3) is 0 Å². The number of ether oxygens (including phenoxy) is 2. The van der Waals surface area contributed by atoms with Crippen LogP contribution in [0.4, 0.5) is 0 Å². The first-order valence-electron chi connectivity index (χ1n) is 8.22. The topological polar surface area (TPSA) is 77.8 Å². The fourth-order valence-electron chi connectivity index (χ4n) is 2.91. The molecule has 6 nitrogen and oxygen atoms in total. The number of carbonyl (C=O) groups is 2. The molecule has 0 radical (unpaired) electrons. The van der Waals surface area contributed by atoms with E-state index in [1.807, 2.05) is 31.2 Å². The van der Waals surface area contributed by atoms with E-state index >= 15 is 0 Å². The average molecular weight is 345 g/mol. The van der Waals surface area contributed by atoms with Crippen molar-refractivity contribution in [2.24, 2.45) is 0 Å². The molecule has 1 N–H and O–H groups in total. The summed E-state index contributed by atoms with van der Waals surface area (Å²) in [6.07, 6.45) is 0. The minimum absolute atomic E-state index is 0.147. The normalized spacial score (nSPS) is 10.6. The van der Waals surface area contributed by atoms with Crippen LogP contribution in [0.3, 0.4) is 0 Å². The lowest BCUT2D eigenvalue weighted by molar-refractivity contribution is 0.0513. The summed E-state index contributed by atoms with van der Waals surface area (Å²) in [5.41, 5.74) is 2.32. The van der Waals surface area contributed by atoms with E-state index in [0.717, 1.165) is 11.3 Å². The maximum absolute atomic E-state index is 12.3. The number of aromatic carboxylic acids is 1. The minimum Gasteiger partial charge on any atom is -0.494 e. The molecule has 134 valence electrons. The lowest BCUT2D eigenvalue weighted by Crippen LogP contribution is -2.15. The van der Waals surface area contributed by atoms with Crippen LogP contribution in [-0.2, 0) is 11.3 Å². The highest BCUT2D eigenvalue weighted by molar-refractivity contribution is 5.98. The zero-order valence-corrected chi connectivity index (χ0v) is 15.0. The van der Waals surface area contributed by atoms with Crippen LogP contribution in [0, 0.1) is 13.8 Å². The maximum Gasteiger partial charge on any atom is 0.355 e. The summed E-state index contributed by atoms with van der Waals surface area (Å²) in [7, 11) is 0. The van der Waals surface area contributed by atoms with Crippen LogP contribution < -0.4 is 4.74 Å². The van der Waals surface area contributed by atoms with Gasteiger partial charge in [-0.3, -0.25) is 0 Å². The Morgan fingerprint density at radius 2 is 1.72 bits per heavy atom. The molecular weight excluding hydrogens is 322 g/mol. The van der Waals surface area contributed by atoms with E-state index in [4.69, 9.17) is 9.47 Å². The molecule has 0 saturated heterocycles. The molecule has 1 heterocycles. The number of aromatic nitrogens is 1. The summed E-state index contributed by atoms with van der Waals surface area (Å²) < 4.78 is 12.2. The number of benzene rings is 1. The van der Waals surface area contributed by atoms with E-state index in [1.54, 1.807) is 25.3 Å². The van der Waals surface area contributed by atoms with Gasteiger partial charge < -0.3 is 19.1 Å². The predicted octanol–water partition coefficient (Wildman–Crippen LogP) is 3.43. The van der Waals surface area contributed by atoms with Crippen molar-refractivity contribution in [1.82, 2.24) is 4.57 Å². The Kier molecular flexibility index (Phi) is 5.85. The Bertz CT molecular complexity index is 774. The van der Waals surface area contributed by atoms with Crippen LogP contribution in [0.15, 0.2) is 24.3 Å². The third kappa shape index (κ3) is 3.84. The van der Waals surface area contributed by atoms with Gasteiger partial charge in [0.2, 0.25) is 0 Å². The van der Waals surface area contributed by atoms with Gasteiger partial charge in [-0.15, -0.1) is 0 Å². The Hall–Kier alpha value is -2.76. The van der Waals surface area contributed by atoms with Crippen molar-refractivity contribution in [2.75, 3.05) is 13.2 Å². The van der Waals surface area contributed by atoms with Crippen LogP contribution >= 0.6 is 0 Å². The molecule has 0 spiro atoms. The summed E-state index contributed by atoms with van der Waals surface area (Å²) in [5.74, 6) is -0.795. The monoisotopic (exact) mass is 345 g/mol. The number of nitrogens with zero attached hydrogens (tertiary/aromatic N) is 1. The van der Waals surface area contributed by atoms with Crippen molar-refractivity contribution < 1.29 is 24.2 Å². The van der Waals surface area contributed by atoms with E-state index in [0.29, 0.717) is 24.4 Å². The first kappa shape index (κ1) is 18.6. The smallest absolute Gasteiger partial charge is 0.355 e. The van der Waals surface area contributed by atoms with Crippen molar-refractivity contribution in [2.45, 2.75) is 34.2 Å². The van der Waals surface area contributed by atoms with Crippen molar-refractivity contribution in [3.63, 3.8) is 0 Å². The second kappa shape index (κ2) is 7.88. The molecule has 0 fully saturated rings. The fraction of sp³-hybridized carbons (Fsp3) is 0.368. The zero-order chi connectivity index (χ0) is 18.6. The molecule has 2 aromatic rings. The molecule has 0 atom stereocenters. The number of hydrogen-bond donors (Lipinski definition) is 1. The number of carboxylic acid groups (broad SMARTS) is 1. The first-order chi connectivity index (χ1) is 11.9. The number of rotatable bonds is 7. The lowest BCUT2D eigenvalue weighted by atomic mass is 10.1. The Balaban J connectivity index is 2.46. The highest BCUT2D eigenvalue weighted by atomic mass is 16.5. The molecule has 0 bridgehead atoms. The molecule has 2 rings (SSSR count). The van der Waals surface area contributed by atoms with Gasteiger partial charge in [0.1, 0.15) is 11.4 Å². The molecular formula is C19H23NO5. The first-order valence-corrected chi connectivity index (χ1v) is 8.22. The minimum atomic E-state index is -1.05. The Morgan fingerprint density at radius 3 is 2.24 bits per heavy atom. The van der Waals surface area contributed by atoms with Gasteiger partial charge in [0.15, 0.2) is 0 Å². The van der Waals surface area contributed by atoms with Gasteiger partial charge in [-0.05, 0) is 51.0 Å². The maximum atomic E-state index is 12.3. The van der Waals surface area contributed by atoms with Gasteiger partial charge in [-0.2, -0.15) is 0 Å². The largest absolute Gasteiger partial charge is 0.494 e. The van der Waals surface area contributed by atoms with E-state index in [9.17, 15) is 14.7 Å². The zero-order valence-electron chi connectivity index (χ0n) is 15.0. The van der Waals surface area contributed by atoms with E-state index in [2.05, 4.69) is 0 Å². The highest BCUT2D eigenvalue weighted by Gasteiger charge is 2.27. The lowest BCUT2D eigenvalue weighted by Gasteiger charge is -2.12. The second-order valence-electron chi connectivity index (χ2n) is 5.62. The molecule has 0 unspecified atom stereocenters. The molecule has 1 aromatic heterocycles. The molecule has 0 aliphatic carbocycles. The standard InChI is InChI=1S/C19H23NO5/c1-5-24-15-9-7-14(8-10-15)11-20-13(4)16(18(21)22)12(3)17(20)19(23)25-6-2/h7-10H,5-6,11H2,1-4H3,(H,21,22). The molecule has 6 heteroatoms. The summed E-state index contributed by atoms with van der Waals surface area (Å²) >= 11 is 0. The number of carboxylic acids is 1. The van der Waals surface area contributed by atoms with Crippen molar-refractivity contribution in [3.05, 3.63) is 52.3 Å². The van der Waals surface area contributed by atoms with Crippen molar-refractivity contribution in [3.8, 4) is 5.75 Å². The molecule has 1 aromatic carbocycles. The van der Waals surface area contributed by atoms with Crippen molar-refractivity contribution in [1.29, 1.82) is 0 Å². The molecule has 0 amide bonds. The van der Waals surface area contributed by atoms with Gasteiger partial charge in [-0.1, -0.05) is 12.1 Å². The van der Waals surface area contributed by atoms with Gasteiger partial charge >= 0.3 is 11.9 Å². The fourth-order valence-corrected chi connectivity index (χ4v) is 2.91. The highest BCUT2D eigenvalue weighted by Crippen LogP contribution is 2.25. The van der Waals surface area contributed by atoms with Crippen LogP contribution in [0.2, 0.25) is 0 Å². The van der Waals surface area contributed by atoms with Gasteiger partial charge in [-0.25, -0.2) is 9.59 Å². The molecule has 0 aliphatic rings. The number of carbonyl (C=O) groups excluding carboxylic acids is 1. The van der Waals surface area contributed by atoms with Crippen molar-refractivity contribution >= 4 is 11.9 Å². The third-order valence-corrected chi connectivity index (χ3v) is 4.02. The van der Waals surface area contributed by atoms with E-state index in [-0.39, 0.29) is 17.9 Å². The number of esters is 1. The second-order valence-corrected chi connectivity index (χ2v) is 5.62. The van der Waals surface area contributed by atoms with Crippen LogP contribution in [0.1, 0.15) is 51.5 Å². The summed E-state index contributed by atoms with van der Waals surface area (Å²) in [6, 6.07) is 7.50. The number of hydrogen-bond acceptors (Lipinski definition) is 4. The van der Waals surface area contributed by atoms with Crippen LogP contribution in [0.5, 0.6) is 5.75 Å². The van der Waals surface area contributed by atoms with E-state index < -0.39 is 11.9 Å². The van der Waals surface area contributed by atoms with Crippen LogP contribution in [-0.4, -0.2) is 34.8 Å². The quantitative estimate of drug-likeness (QED) is 0.778. The molecule has 25 heavy (non-hydrogen) atoms. The third-order valence-electron chi connectivity index (χ3n) is 4.02. The summed E-state index contributed by atoms with van der Waals surface area (Å²) in [6.45, 7) is 8.17. The molecule has 0 aliphatic heterocycles. The van der Waals surface area contributed by atoms with E-state index in [1.165, 1.54) is 0 Å². The van der Waals surface area contributed by atoms with Gasteiger partial charge in [0.05, 0.1) is 18.8 Å². The molecule has 0 saturated carbocycles. The summed E-state index contributed by atoms with van der Waals surface area (Å²) in [5, 5.41) is 9.48. The Labute approximate surface area is 147 Å². The SMILES string of the molecule is CCOC(=O)c1c(C)c(C(=O)O)c(C)n1Cc1ccc(OCC)cc1. The van der Waals surface area contributed by atoms with Gasteiger partial charge in [0, 0.05) is 12.2 Å². The summed E-state index contributed by atoms with van der Waals surface area (Å²) in [4.78, 5) is 23.9. The predicted molar refractivity (Wildman–Crippen MR) is 93.5 cm³/mol. The van der Waals surface area contributed by atoms with Crippen LogP contribution in [0.25, 0.3) is 0 Å². The average Bonchev–Trinajstić information content (AvgIpc) is 2.80. The Morgan fingerprint density at radius 1 is 1.08 bits per heavy atom.